The van der Waals surface area contributed by atoms with E-state index in [0.29, 0.717) is 29.5 Å². The second kappa shape index (κ2) is 6.63. The Morgan fingerprint density at radius 2 is 1.70 bits per heavy atom. The number of hydrogen-bond donors (Lipinski definition) is 1. The van der Waals surface area contributed by atoms with Gasteiger partial charge in [-0.2, -0.15) is 5.26 Å². The molecule has 6 nitrogen and oxygen atoms in total. The van der Waals surface area contributed by atoms with Crippen molar-refractivity contribution in [1.29, 1.82) is 5.26 Å². The van der Waals surface area contributed by atoms with Crippen LogP contribution < -0.4 is 4.90 Å². The Balaban J connectivity index is 1.66. The van der Waals surface area contributed by atoms with Crippen LogP contribution in [0.4, 0.5) is 5.69 Å². The van der Waals surface area contributed by atoms with Crippen LogP contribution >= 0.6 is 0 Å². The van der Waals surface area contributed by atoms with Crippen LogP contribution in [0, 0.1) is 23.2 Å². The molecule has 30 heavy (non-hydrogen) atoms. The van der Waals surface area contributed by atoms with Crippen molar-refractivity contribution in [2.24, 2.45) is 11.8 Å². The van der Waals surface area contributed by atoms with E-state index in [1.807, 2.05) is 24.3 Å². The predicted molar refractivity (Wildman–Crippen MR) is 111 cm³/mol. The number of benzene rings is 2. The average Bonchev–Trinajstić information content (AvgIpc) is 3.34. The first-order valence-electron chi connectivity index (χ1n) is 10.6. The maximum atomic E-state index is 13.7. The first-order chi connectivity index (χ1) is 14.5. The molecule has 154 valence electrons. The minimum absolute atomic E-state index is 0.0767. The number of carbonyl (C=O) groups excluding carboxylic acids is 2. The van der Waals surface area contributed by atoms with Crippen molar-refractivity contribution in [1.82, 2.24) is 0 Å². The van der Waals surface area contributed by atoms with Crippen molar-refractivity contribution in [2.75, 3.05) is 11.5 Å². The summed E-state index contributed by atoms with van der Waals surface area (Å²) in [4.78, 5) is 28.7. The van der Waals surface area contributed by atoms with E-state index < -0.39 is 23.0 Å². The molecule has 2 aromatic carbocycles. The summed E-state index contributed by atoms with van der Waals surface area (Å²) < 4.78 is 6.47. The number of amides is 2. The fourth-order valence-corrected chi connectivity index (χ4v) is 6.19. The van der Waals surface area contributed by atoms with Gasteiger partial charge in [-0.05, 0) is 31.4 Å². The number of rotatable bonds is 5. The molecule has 3 saturated heterocycles. The highest BCUT2D eigenvalue weighted by atomic mass is 16.5. The average molecular weight is 404 g/mol. The lowest BCUT2D eigenvalue weighted by molar-refractivity contribution is -0.132. The summed E-state index contributed by atoms with van der Waals surface area (Å²) in [6, 6.07) is 12.9. The summed E-state index contributed by atoms with van der Waals surface area (Å²) >= 11 is 0. The largest absolute Gasteiger partial charge is 0.396 e. The highest BCUT2D eigenvalue weighted by Crippen LogP contribution is 2.64. The summed E-state index contributed by atoms with van der Waals surface area (Å²) in [5, 5.41) is 20.6. The van der Waals surface area contributed by atoms with Crippen LogP contribution in [0.3, 0.4) is 0 Å². The van der Waals surface area contributed by atoms with Gasteiger partial charge in [0.05, 0.1) is 40.4 Å². The summed E-state index contributed by atoms with van der Waals surface area (Å²) in [7, 11) is 0. The Hall–Kier alpha value is -2.75. The van der Waals surface area contributed by atoms with Gasteiger partial charge in [-0.3, -0.25) is 9.59 Å². The van der Waals surface area contributed by atoms with Gasteiger partial charge in [-0.15, -0.1) is 0 Å². The van der Waals surface area contributed by atoms with Crippen molar-refractivity contribution in [2.45, 2.75) is 50.2 Å². The first kappa shape index (κ1) is 19.2. The maximum absolute atomic E-state index is 13.7. The molecule has 4 unspecified atom stereocenters. The summed E-state index contributed by atoms with van der Waals surface area (Å²) in [5.74, 6) is -1.54. The smallest absolute Gasteiger partial charge is 0.240 e. The predicted octanol–water partition coefficient (Wildman–Crippen LogP) is 3.30. The lowest BCUT2D eigenvalue weighted by Crippen LogP contribution is -2.43. The van der Waals surface area contributed by atoms with Gasteiger partial charge < -0.3 is 9.84 Å². The van der Waals surface area contributed by atoms with E-state index in [-0.39, 0.29) is 18.4 Å². The van der Waals surface area contributed by atoms with Crippen LogP contribution in [0.2, 0.25) is 0 Å². The normalized spacial score (nSPS) is 32.1. The third-order valence-electron chi connectivity index (χ3n) is 7.29. The molecule has 0 aliphatic carbocycles. The number of fused-ring (bicyclic) bond motifs is 6. The molecule has 0 aromatic heterocycles. The topological polar surface area (TPSA) is 90.6 Å². The van der Waals surface area contributed by atoms with Crippen LogP contribution in [-0.2, 0) is 14.3 Å². The van der Waals surface area contributed by atoms with Crippen molar-refractivity contribution >= 4 is 28.3 Å². The second-order valence-corrected chi connectivity index (χ2v) is 8.71. The van der Waals surface area contributed by atoms with E-state index in [2.05, 4.69) is 13.0 Å². The van der Waals surface area contributed by atoms with Gasteiger partial charge in [-0.25, -0.2) is 4.90 Å². The fraction of sp³-hybridized carbons (Fsp3) is 0.458. The molecule has 0 saturated carbocycles. The quantitative estimate of drug-likeness (QED) is 0.772. The van der Waals surface area contributed by atoms with Gasteiger partial charge in [0.25, 0.3) is 0 Å². The molecule has 3 aliphatic heterocycles. The van der Waals surface area contributed by atoms with E-state index in [1.165, 1.54) is 4.90 Å². The molecule has 2 amide bonds. The zero-order chi connectivity index (χ0) is 21.1. The van der Waals surface area contributed by atoms with E-state index >= 15 is 0 Å². The van der Waals surface area contributed by atoms with E-state index in [0.717, 1.165) is 24.6 Å². The van der Waals surface area contributed by atoms with Crippen LogP contribution in [0.15, 0.2) is 36.4 Å². The highest BCUT2D eigenvalue weighted by molar-refractivity contribution is 6.26. The molecule has 3 heterocycles. The molecular weight excluding hydrogens is 380 g/mol. The number of anilines is 1. The Labute approximate surface area is 175 Å². The third kappa shape index (κ3) is 2.31. The summed E-state index contributed by atoms with van der Waals surface area (Å²) in [5.41, 5.74) is -0.354. The van der Waals surface area contributed by atoms with Crippen LogP contribution in [0.1, 0.15) is 44.6 Å². The Morgan fingerprint density at radius 1 is 1.07 bits per heavy atom. The van der Waals surface area contributed by atoms with Crippen LogP contribution in [0.5, 0.6) is 0 Å². The first-order valence-corrected chi connectivity index (χ1v) is 10.6. The van der Waals surface area contributed by atoms with E-state index in [9.17, 15) is 20.0 Å². The van der Waals surface area contributed by atoms with Gasteiger partial charge in [0, 0.05) is 23.8 Å². The molecular formula is C24H24N2O4. The van der Waals surface area contributed by atoms with Gasteiger partial charge >= 0.3 is 0 Å². The molecule has 4 atom stereocenters. The minimum atomic E-state index is -0.765. The van der Waals surface area contributed by atoms with Crippen LogP contribution in [-0.4, -0.2) is 34.7 Å². The molecule has 6 heteroatoms. The number of nitrogens with zero attached hydrogens (tertiary/aromatic N) is 2. The van der Waals surface area contributed by atoms with Crippen molar-refractivity contribution in [3.63, 3.8) is 0 Å². The Kier molecular flexibility index (Phi) is 4.25. The lowest BCUT2D eigenvalue weighted by atomic mass is 9.65. The molecule has 3 aliphatic rings. The zero-order valence-corrected chi connectivity index (χ0v) is 16.9. The molecule has 0 radical (unpaired) electrons. The number of hydrogen-bond acceptors (Lipinski definition) is 5. The highest BCUT2D eigenvalue weighted by Gasteiger charge is 2.74. The molecule has 2 bridgehead atoms. The van der Waals surface area contributed by atoms with E-state index in [4.69, 9.17) is 4.74 Å². The standard InChI is InChI=1S/C24H24N2O4/c1-2-9-23-10-11-24(30-23,12-13-27)20-19(23)21(28)26(22(20)29)18-8-7-15(14-25)16-5-3-4-6-17(16)18/h3-8,19-20,27H,2,9-13H2,1H3. The lowest BCUT2D eigenvalue weighted by Gasteiger charge is -2.31. The molecule has 1 N–H and O–H groups in total. The zero-order valence-electron chi connectivity index (χ0n) is 16.9. The van der Waals surface area contributed by atoms with Gasteiger partial charge in [0.1, 0.15) is 0 Å². The maximum Gasteiger partial charge on any atom is 0.240 e. The number of aliphatic hydroxyl groups excluding tert-OH is 1. The number of imide groups is 1. The Morgan fingerprint density at radius 3 is 2.30 bits per heavy atom. The summed E-state index contributed by atoms with van der Waals surface area (Å²) in [6.45, 7) is 1.98. The summed E-state index contributed by atoms with van der Waals surface area (Å²) in [6.07, 6.45) is 3.38. The third-order valence-corrected chi connectivity index (χ3v) is 7.29. The second-order valence-electron chi connectivity index (χ2n) is 8.71. The number of ether oxygens (including phenoxy) is 1. The van der Waals surface area contributed by atoms with Gasteiger partial charge in [-0.1, -0.05) is 37.6 Å². The van der Waals surface area contributed by atoms with Gasteiger partial charge in [0.2, 0.25) is 11.8 Å². The number of carbonyl (C=O) groups is 2. The fourth-order valence-electron chi connectivity index (χ4n) is 6.19. The molecule has 2 aromatic rings. The minimum Gasteiger partial charge on any atom is -0.396 e. The molecule has 3 fully saturated rings. The van der Waals surface area contributed by atoms with Crippen molar-refractivity contribution in [3.8, 4) is 6.07 Å². The SMILES string of the molecule is CCCC12CCC(CCO)(O1)C1C(=O)N(c3ccc(C#N)c4ccccc34)C(=O)C12. The van der Waals surface area contributed by atoms with Crippen LogP contribution in [0.25, 0.3) is 10.8 Å². The van der Waals surface area contributed by atoms with Crippen molar-refractivity contribution < 1.29 is 19.4 Å². The number of nitriles is 1. The molecule has 0 spiro atoms. The molecule has 5 rings (SSSR count). The monoisotopic (exact) mass is 404 g/mol. The Bertz CT molecular complexity index is 1070. The number of aliphatic hydroxyl groups is 1. The van der Waals surface area contributed by atoms with E-state index in [1.54, 1.807) is 12.1 Å². The van der Waals surface area contributed by atoms with Crippen molar-refractivity contribution in [3.05, 3.63) is 42.0 Å². The van der Waals surface area contributed by atoms with Gasteiger partial charge in [0.15, 0.2) is 0 Å².